The van der Waals surface area contributed by atoms with E-state index in [2.05, 4.69) is 12.2 Å². The van der Waals surface area contributed by atoms with Gasteiger partial charge in [-0.15, -0.1) is 0 Å². The summed E-state index contributed by atoms with van der Waals surface area (Å²) in [6.45, 7) is 4.19. The van der Waals surface area contributed by atoms with Gasteiger partial charge in [0.2, 0.25) is 0 Å². The fourth-order valence-corrected chi connectivity index (χ4v) is 4.55. The lowest BCUT2D eigenvalue weighted by molar-refractivity contribution is 0.0742. The Kier molecular flexibility index (Phi) is 8.20. The zero-order valence-electron chi connectivity index (χ0n) is 20.3. The molecule has 0 saturated carbocycles. The summed E-state index contributed by atoms with van der Waals surface area (Å²) in [5.74, 6) is 0.460. The van der Waals surface area contributed by atoms with Crippen LogP contribution in [0.4, 0.5) is 5.69 Å². The summed E-state index contributed by atoms with van der Waals surface area (Å²) >= 11 is 0. The molecule has 0 radical (unpaired) electrons. The lowest BCUT2D eigenvalue weighted by Crippen LogP contribution is -2.28. The molecule has 0 fully saturated rings. The second kappa shape index (κ2) is 11.5. The first-order chi connectivity index (χ1) is 17.4. The molecule has 188 valence electrons. The first-order valence-corrected chi connectivity index (χ1v) is 13.3. The number of anilines is 1. The summed E-state index contributed by atoms with van der Waals surface area (Å²) in [5, 5.41) is 14.0. The second-order valence-corrected chi connectivity index (χ2v) is 10.1. The van der Waals surface area contributed by atoms with E-state index in [0.29, 0.717) is 5.75 Å². The molecular weight excluding hydrogens is 476 g/mol. The number of nitrogens with zero attached hydrogens (tertiary/aromatic N) is 1. The van der Waals surface area contributed by atoms with E-state index >= 15 is 0 Å². The van der Waals surface area contributed by atoms with E-state index in [0.717, 1.165) is 46.4 Å². The Labute approximate surface area is 211 Å². The third-order valence-corrected chi connectivity index (χ3v) is 6.94. The molecule has 0 aliphatic heterocycles. The smallest absolute Gasteiger partial charge is 0.297 e. The van der Waals surface area contributed by atoms with E-state index in [9.17, 15) is 13.5 Å². The molecule has 0 amide bonds. The molecular formula is C28H30N2O5S. The van der Waals surface area contributed by atoms with Crippen LogP contribution in [0.2, 0.25) is 0 Å². The largest absolute Gasteiger partial charge is 0.485 e. The predicted octanol–water partition coefficient (Wildman–Crippen LogP) is 5.18. The number of aromatic nitrogens is 1. The average molecular weight is 507 g/mol. The number of rotatable bonds is 11. The SMILES string of the molecule is CCCNc1ccc(-c2ccc3ccc(OC(CO)COS(=O)(=O)c4ccc(C)cc4)cc3n2)cc1. The Morgan fingerprint density at radius 3 is 2.39 bits per heavy atom. The van der Waals surface area contributed by atoms with Crippen molar-refractivity contribution in [3.8, 4) is 17.0 Å². The van der Waals surface area contributed by atoms with Crippen molar-refractivity contribution < 1.29 is 22.4 Å². The highest BCUT2D eigenvalue weighted by molar-refractivity contribution is 7.86. The molecule has 0 spiro atoms. The minimum Gasteiger partial charge on any atom is -0.485 e. The Hall–Kier alpha value is -3.46. The number of hydrogen-bond acceptors (Lipinski definition) is 7. The number of nitrogens with one attached hydrogen (secondary N) is 1. The molecule has 4 rings (SSSR count). The van der Waals surface area contributed by atoms with E-state index in [1.165, 1.54) is 12.1 Å². The Morgan fingerprint density at radius 2 is 1.69 bits per heavy atom. The number of aryl methyl sites for hydroxylation is 1. The van der Waals surface area contributed by atoms with E-state index in [-0.39, 0.29) is 11.5 Å². The van der Waals surface area contributed by atoms with Crippen LogP contribution in [0.3, 0.4) is 0 Å². The molecule has 7 nitrogen and oxygen atoms in total. The van der Waals surface area contributed by atoms with Crippen molar-refractivity contribution in [1.82, 2.24) is 4.98 Å². The van der Waals surface area contributed by atoms with Gasteiger partial charge in [0.15, 0.2) is 0 Å². The topological polar surface area (TPSA) is 97.7 Å². The van der Waals surface area contributed by atoms with E-state index in [4.69, 9.17) is 13.9 Å². The molecule has 0 saturated heterocycles. The van der Waals surface area contributed by atoms with Crippen LogP contribution in [0.15, 0.2) is 83.8 Å². The third kappa shape index (κ3) is 6.40. The summed E-state index contributed by atoms with van der Waals surface area (Å²) in [5.41, 5.74) is 4.56. The maximum Gasteiger partial charge on any atom is 0.297 e. The molecule has 36 heavy (non-hydrogen) atoms. The minimum absolute atomic E-state index is 0.0569. The normalized spacial score (nSPS) is 12.4. The van der Waals surface area contributed by atoms with Gasteiger partial charge in [-0.2, -0.15) is 8.42 Å². The van der Waals surface area contributed by atoms with E-state index in [1.807, 2.05) is 49.4 Å². The minimum atomic E-state index is -3.96. The maximum absolute atomic E-state index is 12.5. The van der Waals surface area contributed by atoms with Gasteiger partial charge in [0, 0.05) is 29.2 Å². The van der Waals surface area contributed by atoms with Gasteiger partial charge >= 0.3 is 0 Å². The van der Waals surface area contributed by atoms with Crippen molar-refractivity contribution in [1.29, 1.82) is 0 Å². The standard InChI is InChI=1S/C28H30N2O5S/c1-3-16-29-23-10-6-21(7-11-23)27-15-9-22-8-12-24(17-28(22)30-27)35-25(18-31)19-34-36(32,33)26-13-4-20(2)5-14-26/h4-15,17,25,29,31H,3,16,18-19H2,1-2H3. The molecule has 0 bridgehead atoms. The Morgan fingerprint density at radius 1 is 0.972 bits per heavy atom. The fraction of sp³-hybridized carbons (Fsp3) is 0.250. The number of aliphatic hydroxyl groups excluding tert-OH is 1. The second-order valence-electron chi connectivity index (χ2n) is 8.53. The molecule has 2 N–H and O–H groups in total. The van der Waals surface area contributed by atoms with Gasteiger partial charge in [-0.1, -0.05) is 42.8 Å². The molecule has 0 aliphatic carbocycles. The molecule has 1 heterocycles. The van der Waals surface area contributed by atoms with Crippen LogP contribution >= 0.6 is 0 Å². The van der Waals surface area contributed by atoms with Crippen LogP contribution in [0.5, 0.6) is 5.75 Å². The number of ether oxygens (including phenoxy) is 1. The van der Waals surface area contributed by atoms with Crippen molar-refractivity contribution in [3.63, 3.8) is 0 Å². The van der Waals surface area contributed by atoms with Crippen LogP contribution in [0.1, 0.15) is 18.9 Å². The highest BCUT2D eigenvalue weighted by Gasteiger charge is 2.19. The van der Waals surface area contributed by atoms with Gasteiger partial charge in [0.25, 0.3) is 10.1 Å². The van der Waals surface area contributed by atoms with E-state index < -0.39 is 22.8 Å². The van der Waals surface area contributed by atoms with Crippen LogP contribution in [0, 0.1) is 6.92 Å². The molecule has 8 heteroatoms. The van der Waals surface area contributed by atoms with Gasteiger partial charge in [0.05, 0.1) is 22.7 Å². The summed E-state index contributed by atoms with van der Waals surface area (Å²) in [6.07, 6.45) is 0.193. The van der Waals surface area contributed by atoms with Crippen LogP contribution in [-0.2, 0) is 14.3 Å². The van der Waals surface area contributed by atoms with Gasteiger partial charge < -0.3 is 15.2 Å². The highest BCUT2D eigenvalue weighted by atomic mass is 32.2. The van der Waals surface area contributed by atoms with Crippen LogP contribution in [-0.4, -0.2) is 44.4 Å². The van der Waals surface area contributed by atoms with Gasteiger partial charge in [-0.05, 0) is 55.8 Å². The molecule has 4 aromatic rings. The van der Waals surface area contributed by atoms with Crippen LogP contribution < -0.4 is 10.1 Å². The molecule has 0 aliphatic rings. The average Bonchev–Trinajstić information content (AvgIpc) is 2.90. The predicted molar refractivity (Wildman–Crippen MR) is 142 cm³/mol. The van der Waals surface area contributed by atoms with Crippen molar-refractivity contribution in [2.75, 3.05) is 25.1 Å². The van der Waals surface area contributed by atoms with Crippen molar-refractivity contribution in [2.24, 2.45) is 0 Å². The third-order valence-electron chi connectivity index (χ3n) is 5.65. The van der Waals surface area contributed by atoms with Crippen LogP contribution in [0.25, 0.3) is 22.2 Å². The molecule has 3 aromatic carbocycles. The molecule has 1 atom stereocenters. The number of benzene rings is 3. The molecule has 1 aromatic heterocycles. The van der Waals surface area contributed by atoms with Gasteiger partial charge in [-0.3, -0.25) is 4.18 Å². The monoisotopic (exact) mass is 506 g/mol. The zero-order valence-corrected chi connectivity index (χ0v) is 21.2. The zero-order chi connectivity index (χ0) is 25.5. The fourth-order valence-electron chi connectivity index (χ4n) is 3.61. The van der Waals surface area contributed by atoms with Crippen molar-refractivity contribution >= 4 is 26.7 Å². The van der Waals surface area contributed by atoms with Crippen molar-refractivity contribution in [3.05, 3.63) is 84.4 Å². The lowest BCUT2D eigenvalue weighted by Gasteiger charge is -2.17. The molecule has 1 unspecified atom stereocenters. The summed E-state index contributed by atoms with van der Waals surface area (Å²) in [4.78, 5) is 4.83. The summed E-state index contributed by atoms with van der Waals surface area (Å²) in [7, 11) is -3.96. The maximum atomic E-state index is 12.5. The summed E-state index contributed by atoms with van der Waals surface area (Å²) < 4.78 is 35.9. The first-order valence-electron chi connectivity index (χ1n) is 11.9. The van der Waals surface area contributed by atoms with Crippen molar-refractivity contribution in [2.45, 2.75) is 31.3 Å². The highest BCUT2D eigenvalue weighted by Crippen LogP contribution is 2.26. The lowest BCUT2D eigenvalue weighted by atomic mass is 10.1. The Balaban J connectivity index is 1.46. The number of hydrogen-bond donors (Lipinski definition) is 2. The summed E-state index contributed by atoms with van der Waals surface area (Å²) in [6, 6.07) is 23.9. The number of aliphatic hydroxyl groups is 1. The van der Waals surface area contributed by atoms with E-state index in [1.54, 1.807) is 24.3 Å². The quantitative estimate of drug-likeness (QED) is 0.271. The van der Waals surface area contributed by atoms with Gasteiger partial charge in [-0.25, -0.2) is 4.98 Å². The number of fused-ring (bicyclic) bond motifs is 1. The Bertz CT molecular complexity index is 1400. The van der Waals surface area contributed by atoms with Gasteiger partial charge in [0.1, 0.15) is 18.5 Å². The first kappa shape index (κ1) is 25.6. The number of pyridine rings is 1.